The van der Waals surface area contributed by atoms with Crippen molar-refractivity contribution in [3.63, 3.8) is 0 Å². The first kappa shape index (κ1) is 13.7. The fourth-order valence-electron chi connectivity index (χ4n) is 1.80. The van der Waals surface area contributed by atoms with Gasteiger partial charge < -0.3 is 11.1 Å². The van der Waals surface area contributed by atoms with Gasteiger partial charge in [0.05, 0.1) is 6.54 Å². The molecule has 0 radical (unpaired) electrons. The minimum Gasteiger partial charge on any atom is -0.334 e. The van der Waals surface area contributed by atoms with E-state index in [2.05, 4.69) is 24.1 Å². The Labute approximate surface area is 101 Å². The van der Waals surface area contributed by atoms with Gasteiger partial charge in [-0.3, -0.25) is 15.0 Å². The van der Waals surface area contributed by atoms with Gasteiger partial charge in [-0.15, -0.1) is 6.58 Å². The number of amides is 3. The first-order valence-electron chi connectivity index (χ1n) is 5.69. The molecule has 0 aromatic rings. The Kier molecular flexibility index (Phi) is 5.11. The summed E-state index contributed by atoms with van der Waals surface area (Å²) in [5, 5.41) is 4.73. The maximum atomic E-state index is 11.5. The van der Waals surface area contributed by atoms with Gasteiger partial charge in [0, 0.05) is 25.7 Å². The van der Waals surface area contributed by atoms with Gasteiger partial charge in [0.1, 0.15) is 0 Å². The number of carbonyl (C=O) groups excluding carboxylic acids is 2. The zero-order valence-corrected chi connectivity index (χ0v) is 10.1. The molecule has 4 N–H and O–H groups in total. The van der Waals surface area contributed by atoms with Crippen molar-refractivity contribution in [1.29, 1.82) is 0 Å². The summed E-state index contributed by atoms with van der Waals surface area (Å²) in [7, 11) is 0. The summed E-state index contributed by atoms with van der Waals surface area (Å²) in [6, 6.07) is -0.385. The molecular formula is C11H20N4O2. The zero-order valence-electron chi connectivity index (χ0n) is 10.1. The van der Waals surface area contributed by atoms with Gasteiger partial charge in [0.25, 0.3) is 0 Å². The zero-order chi connectivity index (χ0) is 12.8. The summed E-state index contributed by atoms with van der Waals surface area (Å²) in [6.45, 7) is 7.55. The lowest BCUT2D eigenvalue weighted by atomic mass is 10.1. The normalized spacial score (nSPS) is 24.4. The van der Waals surface area contributed by atoms with E-state index in [4.69, 9.17) is 5.73 Å². The molecule has 3 amide bonds. The van der Waals surface area contributed by atoms with E-state index in [0.717, 1.165) is 6.54 Å². The molecule has 0 spiro atoms. The summed E-state index contributed by atoms with van der Waals surface area (Å²) < 4.78 is 0. The molecule has 2 unspecified atom stereocenters. The van der Waals surface area contributed by atoms with Crippen LogP contribution in [0.25, 0.3) is 0 Å². The van der Waals surface area contributed by atoms with E-state index in [1.165, 1.54) is 0 Å². The average Bonchev–Trinajstić information content (AvgIpc) is 2.54. The molecule has 0 aromatic heterocycles. The van der Waals surface area contributed by atoms with Gasteiger partial charge in [-0.05, 0) is 5.92 Å². The van der Waals surface area contributed by atoms with Crippen LogP contribution >= 0.6 is 0 Å². The van der Waals surface area contributed by atoms with Crippen LogP contribution in [0, 0.1) is 5.92 Å². The van der Waals surface area contributed by atoms with E-state index < -0.39 is 6.03 Å². The van der Waals surface area contributed by atoms with E-state index in [1.807, 2.05) is 4.90 Å². The molecule has 17 heavy (non-hydrogen) atoms. The van der Waals surface area contributed by atoms with Crippen molar-refractivity contribution in [2.24, 2.45) is 11.7 Å². The largest absolute Gasteiger partial charge is 0.334 e. The Morgan fingerprint density at radius 2 is 2.24 bits per heavy atom. The Bertz CT molecular complexity index is 296. The predicted molar refractivity (Wildman–Crippen MR) is 65.3 cm³/mol. The first-order valence-corrected chi connectivity index (χ1v) is 5.69. The van der Waals surface area contributed by atoms with Crippen LogP contribution in [-0.4, -0.2) is 49.1 Å². The van der Waals surface area contributed by atoms with Crippen molar-refractivity contribution in [2.75, 3.05) is 26.2 Å². The van der Waals surface area contributed by atoms with Crippen LogP contribution in [0.5, 0.6) is 0 Å². The van der Waals surface area contributed by atoms with E-state index in [1.54, 1.807) is 6.08 Å². The molecule has 1 heterocycles. The van der Waals surface area contributed by atoms with Crippen LogP contribution in [-0.2, 0) is 4.79 Å². The van der Waals surface area contributed by atoms with Gasteiger partial charge in [-0.25, -0.2) is 4.79 Å². The Morgan fingerprint density at radius 3 is 2.76 bits per heavy atom. The highest BCUT2D eigenvalue weighted by Gasteiger charge is 2.27. The molecule has 1 aliphatic rings. The van der Waals surface area contributed by atoms with Crippen molar-refractivity contribution >= 4 is 11.9 Å². The van der Waals surface area contributed by atoms with Crippen molar-refractivity contribution in [1.82, 2.24) is 15.5 Å². The fourth-order valence-corrected chi connectivity index (χ4v) is 1.80. The van der Waals surface area contributed by atoms with Crippen LogP contribution in [0.4, 0.5) is 4.79 Å². The number of rotatable bonds is 4. The molecule has 6 nitrogen and oxygen atoms in total. The summed E-state index contributed by atoms with van der Waals surface area (Å²) in [5.41, 5.74) is 5.85. The Hall–Kier alpha value is -1.40. The second-order valence-corrected chi connectivity index (χ2v) is 4.38. The molecule has 0 aromatic carbocycles. The molecule has 1 saturated heterocycles. The third kappa shape index (κ3) is 4.54. The van der Waals surface area contributed by atoms with Crippen LogP contribution < -0.4 is 16.4 Å². The predicted octanol–water partition coefficient (Wildman–Crippen LogP) is -0.723. The maximum absolute atomic E-state index is 11.5. The fraction of sp³-hybridized carbons (Fsp3) is 0.636. The minimum atomic E-state index is -0.494. The molecule has 0 aliphatic carbocycles. The van der Waals surface area contributed by atoms with Crippen molar-refractivity contribution in [3.8, 4) is 0 Å². The number of urea groups is 1. The summed E-state index contributed by atoms with van der Waals surface area (Å²) in [5.74, 6) is 0.0743. The number of hydrogen-bond donors (Lipinski definition) is 3. The highest BCUT2D eigenvalue weighted by atomic mass is 16.2. The number of nitrogens with zero attached hydrogens (tertiary/aromatic N) is 1. The number of hydrogen-bond acceptors (Lipinski definition) is 4. The lowest BCUT2D eigenvalue weighted by Crippen LogP contribution is -2.44. The number of nitrogens with one attached hydrogen (secondary N) is 2. The lowest BCUT2D eigenvalue weighted by molar-refractivity contribution is -0.120. The van der Waals surface area contributed by atoms with E-state index in [0.29, 0.717) is 19.0 Å². The van der Waals surface area contributed by atoms with Crippen LogP contribution in [0.2, 0.25) is 0 Å². The second kappa shape index (κ2) is 6.36. The third-order valence-electron chi connectivity index (χ3n) is 2.77. The van der Waals surface area contributed by atoms with Gasteiger partial charge in [-0.2, -0.15) is 0 Å². The quantitative estimate of drug-likeness (QED) is 0.566. The summed E-state index contributed by atoms with van der Waals surface area (Å²) in [4.78, 5) is 24.6. The Morgan fingerprint density at radius 1 is 1.53 bits per heavy atom. The lowest BCUT2D eigenvalue weighted by Gasteiger charge is -2.14. The number of carbonyl (C=O) groups is 2. The molecule has 0 saturated carbocycles. The molecule has 0 bridgehead atoms. The monoisotopic (exact) mass is 240 g/mol. The molecule has 1 aliphatic heterocycles. The van der Waals surface area contributed by atoms with E-state index in [9.17, 15) is 9.59 Å². The van der Waals surface area contributed by atoms with Gasteiger partial charge >= 0.3 is 6.03 Å². The number of nitrogens with two attached hydrogens (primary N) is 1. The van der Waals surface area contributed by atoms with Crippen LogP contribution in [0.1, 0.15) is 6.92 Å². The molecule has 96 valence electrons. The smallest absolute Gasteiger partial charge is 0.321 e. The first-order chi connectivity index (χ1) is 8.02. The van der Waals surface area contributed by atoms with Gasteiger partial charge in [0.2, 0.25) is 5.91 Å². The number of likely N-dealkylation sites (tertiary alicyclic amines) is 1. The molecule has 6 heteroatoms. The van der Waals surface area contributed by atoms with Gasteiger partial charge in [0.15, 0.2) is 0 Å². The maximum Gasteiger partial charge on any atom is 0.321 e. The van der Waals surface area contributed by atoms with E-state index >= 15 is 0 Å². The minimum absolute atomic E-state index is 0.109. The average molecular weight is 240 g/mol. The third-order valence-corrected chi connectivity index (χ3v) is 2.77. The molecule has 1 fully saturated rings. The Balaban J connectivity index is 2.25. The standard InChI is InChI=1S/C11H20N4O2/c1-3-4-13-11(17)14-10(16)7-15-5-8(2)9(12)6-15/h3,8-9H,1,4-7,12H2,2H3,(H2,13,14,16,17). The summed E-state index contributed by atoms with van der Waals surface area (Å²) in [6.07, 6.45) is 1.55. The van der Waals surface area contributed by atoms with Crippen LogP contribution in [0.15, 0.2) is 12.7 Å². The highest BCUT2D eigenvalue weighted by molar-refractivity contribution is 5.95. The van der Waals surface area contributed by atoms with E-state index in [-0.39, 0.29) is 18.5 Å². The molecular weight excluding hydrogens is 220 g/mol. The highest BCUT2D eigenvalue weighted by Crippen LogP contribution is 2.13. The van der Waals surface area contributed by atoms with Crippen LogP contribution in [0.3, 0.4) is 0 Å². The molecule has 1 rings (SSSR count). The SMILES string of the molecule is C=CCNC(=O)NC(=O)CN1CC(C)C(N)C1. The number of imide groups is 1. The van der Waals surface area contributed by atoms with Crippen molar-refractivity contribution in [3.05, 3.63) is 12.7 Å². The summed E-state index contributed by atoms with van der Waals surface area (Å²) >= 11 is 0. The second-order valence-electron chi connectivity index (χ2n) is 4.38. The topological polar surface area (TPSA) is 87.5 Å². The van der Waals surface area contributed by atoms with Gasteiger partial charge in [-0.1, -0.05) is 13.0 Å². The van der Waals surface area contributed by atoms with Crippen molar-refractivity contribution in [2.45, 2.75) is 13.0 Å². The van der Waals surface area contributed by atoms with Crippen molar-refractivity contribution < 1.29 is 9.59 Å². The molecule has 2 atom stereocenters.